The molecule has 0 aliphatic heterocycles. The normalized spacial score (nSPS) is 11.0. The number of halogens is 1. The van der Waals surface area contributed by atoms with Crippen molar-refractivity contribution >= 4 is 29.5 Å². The summed E-state index contributed by atoms with van der Waals surface area (Å²) in [4.78, 5) is 20.4. The molecule has 10 nitrogen and oxygen atoms in total. The summed E-state index contributed by atoms with van der Waals surface area (Å²) in [6.07, 6.45) is 6.41. The van der Waals surface area contributed by atoms with Crippen LogP contribution in [0, 0.1) is 6.92 Å². The lowest BCUT2D eigenvalue weighted by atomic mass is 10.2. The van der Waals surface area contributed by atoms with Crippen LogP contribution >= 0.6 is 11.6 Å². The van der Waals surface area contributed by atoms with Crippen molar-refractivity contribution in [2.45, 2.75) is 19.8 Å². The van der Waals surface area contributed by atoms with Crippen LogP contribution in [0.25, 0.3) is 5.69 Å². The Balaban J connectivity index is 1.47. The van der Waals surface area contributed by atoms with Crippen molar-refractivity contribution in [2.75, 3.05) is 38.7 Å². The number of carbonyl (C=O) groups is 1. The maximum atomic E-state index is 12.0. The smallest absolute Gasteiger partial charge is 0.252 e. The number of aliphatic imine (C=N–C) groups is 1. The number of unbranched alkanes of at least 4 members (excludes halogenated alkanes) is 1. The number of hydrogen-bond acceptors (Lipinski definition) is 7. The van der Waals surface area contributed by atoms with Crippen molar-refractivity contribution in [3.63, 3.8) is 0 Å². The Hall–Kier alpha value is -3.50. The van der Waals surface area contributed by atoms with Gasteiger partial charge in [0.15, 0.2) is 0 Å². The molecule has 34 heavy (non-hydrogen) atoms. The molecule has 3 aromatic rings. The number of rotatable bonds is 13. The fourth-order valence-electron chi connectivity index (χ4n) is 3.02. The predicted octanol–water partition coefficient (Wildman–Crippen LogP) is 3.30. The van der Waals surface area contributed by atoms with Crippen LogP contribution in [0.5, 0.6) is 5.75 Å². The van der Waals surface area contributed by atoms with Gasteiger partial charge < -0.3 is 20.1 Å². The number of hydrogen-bond donors (Lipinski definition) is 2. The molecule has 1 amide bonds. The summed E-state index contributed by atoms with van der Waals surface area (Å²) < 4.78 is 12.6. The fraction of sp³-hybridized carbons (Fsp3) is 0.348. The second-order valence-electron chi connectivity index (χ2n) is 7.28. The quantitative estimate of drug-likeness (QED) is 0.165. The molecule has 0 saturated carbocycles. The van der Waals surface area contributed by atoms with Crippen LogP contribution in [0.1, 0.15) is 29.0 Å². The largest absolute Gasteiger partial charge is 0.491 e. The van der Waals surface area contributed by atoms with E-state index in [1.165, 1.54) is 6.20 Å². The highest BCUT2D eigenvalue weighted by atomic mass is 35.5. The van der Waals surface area contributed by atoms with Gasteiger partial charge in [-0.3, -0.25) is 14.4 Å². The standard InChI is InChI=1S/C23H28ClN7O3/c1-17-30-29-16-31(17)21-7-6-19(34-12-11-33-2)13-20(21)28-15-25-9-3-4-10-26-23(32)18-5-8-22(24)27-14-18/h5-8,13-16H,3-4,9-12H2,1-2H3,(H,25,28)(H,26,32). The van der Waals surface area contributed by atoms with E-state index >= 15 is 0 Å². The Kier molecular flexibility index (Phi) is 9.80. The van der Waals surface area contributed by atoms with Crippen molar-refractivity contribution in [3.05, 3.63) is 59.4 Å². The number of aryl methyl sites for hydroxylation is 1. The van der Waals surface area contributed by atoms with Gasteiger partial charge in [-0.1, -0.05) is 11.6 Å². The van der Waals surface area contributed by atoms with Crippen LogP contribution in [0.2, 0.25) is 5.15 Å². The number of aromatic nitrogens is 4. The first kappa shape index (κ1) is 25.1. The van der Waals surface area contributed by atoms with Gasteiger partial charge >= 0.3 is 0 Å². The Labute approximate surface area is 203 Å². The summed E-state index contributed by atoms with van der Waals surface area (Å²) in [6.45, 7) is 4.03. The van der Waals surface area contributed by atoms with Crippen LogP contribution in [0.4, 0.5) is 5.69 Å². The molecule has 180 valence electrons. The molecule has 0 fully saturated rings. The summed E-state index contributed by atoms with van der Waals surface area (Å²) in [7, 11) is 1.63. The van der Waals surface area contributed by atoms with Crippen molar-refractivity contribution < 1.29 is 14.3 Å². The van der Waals surface area contributed by atoms with E-state index in [0.717, 1.165) is 30.0 Å². The highest BCUT2D eigenvalue weighted by molar-refractivity contribution is 6.29. The van der Waals surface area contributed by atoms with Gasteiger partial charge in [0.2, 0.25) is 0 Å². The van der Waals surface area contributed by atoms with E-state index in [1.54, 1.807) is 31.9 Å². The molecule has 0 radical (unpaired) electrons. The molecule has 0 aliphatic rings. The second-order valence-corrected chi connectivity index (χ2v) is 7.67. The lowest BCUT2D eigenvalue weighted by Gasteiger charge is -2.13. The van der Waals surface area contributed by atoms with Gasteiger partial charge in [-0.2, -0.15) is 0 Å². The third-order valence-electron chi connectivity index (χ3n) is 4.80. The average molecular weight is 486 g/mol. The van der Waals surface area contributed by atoms with Gasteiger partial charge in [0.25, 0.3) is 5.91 Å². The molecule has 3 rings (SSSR count). The van der Waals surface area contributed by atoms with E-state index in [2.05, 4.69) is 30.8 Å². The minimum Gasteiger partial charge on any atom is -0.491 e. The number of nitrogens with zero attached hydrogens (tertiary/aromatic N) is 5. The van der Waals surface area contributed by atoms with E-state index in [0.29, 0.717) is 42.8 Å². The van der Waals surface area contributed by atoms with Crippen molar-refractivity contribution in [1.82, 2.24) is 25.1 Å². The Bertz CT molecular complexity index is 1090. The first-order valence-corrected chi connectivity index (χ1v) is 11.2. The number of anilines is 1. The van der Waals surface area contributed by atoms with Crippen LogP contribution < -0.4 is 15.4 Å². The molecular formula is C23H28ClN7O3. The molecule has 0 unspecified atom stereocenters. The summed E-state index contributed by atoms with van der Waals surface area (Å²) in [5, 5.41) is 14.5. The van der Waals surface area contributed by atoms with Crippen LogP contribution in [0.3, 0.4) is 0 Å². The number of ether oxygens (including phenoxy) is 2. The zero-order valence-corrected chi connectivity index (χ0v) is 20.0. The summed E-state index contributed by atoms with van der Waals surface area (Å²) in [5.41, 5.74) is 2.18. The van der Waals surface area contributed by atoms with Crippen LogP contribution in [-0.4, -0.2) is 65.4 Å². The monoisotopic (exact) mass is 485 g/mol. The van der Waals surface area contributed by atoms with E-state index in [1.807, 2.05) is 29.7 Å². The predicted molar refractivity (Wildman–Crippen MR) is 131 cm³/mol. The molecule has 2 heterocycles. The Morgan fingerprint density at radius 1 is 1.24 bits per heavy atom. The van der Waals surface area contributed by atoms with Crippen LogP contribution in [-0.2, 0) is 4.74 Å². The second kappa shape index (κ2) is 13.3. The number of pyridine rings is 1. The van der Waals surface area contributed by atoms with Gasteiger partial charge in [0, 0.05) is 32.5 Å². The molecule has 0 atom stereocenters. The minimum atomic E-state index is -0.168. The Morgan fingerprint density at radius 2 is 2.12 bits per heavy atom. The minimum absolute atomic E-state index is 0.168. The van der Waals surface area contributed by atoms with E-state index in [9.17, 15) is 4.79 Å². The molecular weight excluding hydrogens is 458 g/mol. The van der Waals surface area contributed by atoms with Crippen molar-refractivity contribution in [2.24, 2.45) is 4.99 Å². The zero-order valence-electron chi connectivity index (χ0n) is 19.2. The molecule has 0 bridgehead atoms. The molecule has 1 aromatic carbocycles. The maximum Gasteiger partial charge on any atom is 0.252 e. The molecule has 2 aromatic heterocycles. The van der Waals surface area contributed by atoms with Crippen molar-refractivity contribution in [3.8, 4) is 11.4 Å². The first-order chi connectivity index (χ1) is 16.6. The maximum absolute atomic E-state index is 12.0. The first-order valence-electron chi connectivity index (χ1n) is 10.9. The van der Waals surface area contributed by atoms with Crippen LogP contribution in [0.15, 0.2) is 47.8 Å². The SMILES string of the molecule is COCCOc1ccc(-n2cnnc2C)c(NC=NCCCCNC(=O)c2ccc(Cl)nc2)c1. The van der Waals surface area contributed by atoms with Gasteiger partial charge in [-0.15, -0.1) is 10.2 Å². The Morgan fingerprint density at radius 3 is 2.85 bits per heavy atom. The number of amides is 1. The van der Waals surface area contributed by atoms with E-state index < -0.39 is 0 Å². The van der Waals surface area contributed by atoms with Gasteiger partial charge in [0.05, 0.1) is 29.9 Å². The third kappa shape index (κ3) is 7.53. The zero-order chi connectivity index (χ0) is 24.2. The molecule has 11 heteroatoms. The number of methoxy groups -OCH3 is 1. The van der Waals surface area contributed by atoms with Crippen molar-refractivity contribution in [1.29, 1.82) is 0 Å². The van der Waals surface area contributed by atoms with E-state index in [4.69, 9.17) is 21.1 Å². The third-order valence-corrected chi connectivity index (χ3v) is 5.03. The number of carbonyl (C=O) groups excluding carboxylic acids is 1. The fourth-order valence-corrected chi connectivity index (χ4v) is 3.14. The molecule has 0 aliphatic carbocycles. The lowest BCUT2D eigenvalue weighted by molar-refractivity contribution is 0.0952. The summed E-state index contributed by atoms with van der Waals surface area (Å²) in [6, 6.07) is 8.97. The number of benzene rings is 1. The van der Waals surface area contributed by atoms with Gasteiger partial charge in [0.1, 0.15) is 29.7 Å². The molecule has 0 spiro atoms. The van der Waals surface area contributed by atoms with E-state index in [-0.39, 0.29) is 5.91 Å². The average Bonchev–Trinajstić information content (AvgIpc) is 3.27. The van der Waals surface area contributed by atoms with Gasteiger partial charge in [-0.05, 0) is 44.0 Å². The lowest BCUT2D eigenvalue weighted by Crippen LogP contribution is -2.24. The van der Waals surface area contributed by atoms with Gasteiger partial charge in [-0.25, -0.2) is 4.98 Å². The highest BCUT2D eigenvalue weighted by Gasteiger charge is 2.09. The topological polar surface area (TPSA) is 116 Å². The summed E-state index contributed by atoms with van der Waals surface area (Å²) in [5.74, 6) is 1.32. The number of nitrogens with one attached hydrogen (secondary N) is 2. The molecule has 0 saturated heterocycles. The molecule has 2 N–H and O–H groups in total. The highest BCUT2D eigenvalue weighted by Crippen LogP contribution is 2.26. The summed E-state index contributed by atoms with van der Waals surface area (Å²) >= 11 is 5.74.